The van der Waals surface area contributed by atoms with Gasteiger partial charge in [-0.15, -0.1) is 0 Å². The maximum absolute atomic E-state index is 10.7. The third kappa shape index (κ3) is 6.64. The van der Waals surface area contributed by atoms with E-state index in [1.54, 1.807) is 0 Å². The van der Waals surface area contributed by atoms with Crippen molar-refractivity contribution in [2.45, 2.75) is 19.6 Å². The molecule has 0 aromatic heterocycles. The molecule has 0 atom stereocenters. The van der Waals surface area contributed by atoms with Gasteiger partial charge in [-0.1, -0.05) is 0 Å². The predicted molar refractivity (Wildman–Crippen MR) is 98.8 cm³/mol. The zero-order valence-corrected chi connectivity index (χ0v) is 18.1. The second-order valence-electron chi connectivity index (χ2n) is 5.48. The van der Waals surface area contributed by atoms with Crippen molar-refractivity contribution >= 4 is 40.5 Å². The maximum Gasteiger partial charge on any atom is 0.298 e. The predicted octanol–water partition coefficient (Wildman–Crippen LogP) is -0.818. The van der Waals surface area contributed by atoms with E-state index in [1.807, 2.05) is 0 Å². The molecule has 2 aromatic carbocycles. The summed E-state index contributed by atoms with van der Waals surface area (Å²) in [4.78, 5) is -4.40. The SMILES string of the molecule is O=S(=O)(O)c1cc(O)c(O)c(S(=O)(=O)O)c1.O=S(=O)(O)c1cc(O)c(O)c(S(=O)(=O)O)c1. The molecule has 0 radical (unpaired) electrons. The van der Waals surface area contributed by atoms with Gasteiger partial charge in [0.2, 0.25) is 0 Å². The normalized spacial score (nSPS) is 12.6. The van der Waals surface area contributed by atoms with Gasteiger partial charge in [0, 0.05) is 12.1 Å². The van der Waals surface area contributed by atoms with Crippen LogP contribution in [-0.4, -0.2) is 72.3 Å². The van der Waals surface area contributed by atoms with Crippen LogP contribution in [0.1, 0.15) is 0 Å². The van der Waals surface area contributed by atoms with Crippen molar-refractivity contribution in [3.63, 3.8) is 0 Å². The van der Waals surface area contributed by atoms with Crippen LogP contribution >= 0.6 is 0 Å². The van der Waals surface area contributed by atoms with Gasteiger partial charge < -0.3 is 20.4 Å². The summed E-state index contributed by atoms with van der Waals surface area (Å²) >= 11 is 0. The van der Waals surface area contributed by atoms with E-state index >= 15 is 0 Å². The largest absolute Gasteiger partial charge is 0.504 e. The van der Waals surface area contributed by atoms with Gasteiger partial charge in [0.15, 0.2) is 23.0 Å². The van der Waals surface area contributed by atoms with E-state index in [0.29, 0.717) is 24.3 Å². The fourth-order valence-corrected chi connectivity index (χ4v) is 4.28. The van der Waals surface area contributed by atoms with Gasteiger partial charge in [-0.05, 0) is 12.1 Å². The minimum atomic E-state index is -4.92. The fourth-order valence-electron chi connectivity index (χ4n) is 1.83. The molecule has 8 N–H and O–H groups in total. The van der Waals surface area contributed by atoms with Crippen LogP contribution in [0, 0.1) is 0 Å². The van der Waals surface area contributed by atoms with Gasteiger partial charge in [-0.25, -0.2) is 0 Å². The lowest BCUT2D eigenvalue weighted by Gasteiger charge is -2.05. The molecule has 2 aromatic rings. The molecule has 0 bridgehead atoms. The third-order valence-corrected chi connectivity index (χ3v) is 6.61. The zero-order chi connectivity index (χ0) is 25.4. The number of hydrogen-bond acceptors (Lipinski definition) is 12. The van der Waals surface area contributed by atoms with E-state index in [9.17, 15) is 33.7 Å². The highest BCUT2D eigenvalue weighted by Crippen LogP contribution is 2.35. The van der Waals surface area contributed by atoms with Crippen molar-refractivity contribution in [1.82, 2.24) is 0 Å². The lowest BCUT2D eigenvalue weighted by atomic mass is 10.3. The molecular formula is C12H12O16S4. The van der Waals surface area contributed by atoms with E-state index in [1.165, 1.54) is 0 Å². The topological polar surface area (TPSA) is 298 Å². The Bertz CT molecular complexity index is 1370. The van der Waals surface area contributed by atoms with Crippen LogP contribution in [0.25, 0.3) is 0 Å². The molecule has 0 aliphatic carbocycles. The van der Waals surface area contributed by atoms with Gasteiger partial charge in [0.25, 0.3) is 40.5 Å². The van der Waals surface area contributed by atoms with Crippen LogP contribution in [0.3, 0.4) is 0 Å². The van der Waals surface area contributed by atoms with Gasteiger partial charge in [-0.2, -0.15) is 33.7 Å². The molecule has 0 heterocycles. The van der Waals surface area contributed by atoms with Crippen molar-refractivity contribution in [1.29, 1.82) is 0 Å². The fraction of sp³-hybridized carbons (Fsp3) is 0. The molecule has 0 aliphatic rings. The lowest BCUT2D eigenvalue weighted by molar-refractivity contribution is 0.386. The smallest absolute Gasteiger partial charge is 0.298 e. The first kappa shape index (κ1) is 27.3. The molecular weight excluding hydrogens is 528 g/mol. The van der Waals surface area contributed by atoms with Gasteiger partial charge >= 0.3 is 0 Å². The Morgan fingerprint density at radius 3 is 0.875 bits per heavy atom. The Hall–Kier alpha value is -2.72. The molecule has 0 aliphatic heterocycles. The summed E-state index contributed by atoms with van der Waals surface area (Å²) in [7, 11) is -19.4. The second kappa shape index (κ2) is 8.67. The zero-order valence-electron chi connectivity index (χ0n) is 14.8. The molecule has 32 heavy (non-hydrogen) atoms. The van der Waals surface area contributed by atoms with E-state index in [-0.39, 0.29) is 0 Å². The van der Waals surface area contributed by atoms with E-state index < -0.39 is 83.1 Å². The molecule has 0 fully saturated rings. The Balaban J connectivity index is 0.000000320. The van der Waals surface area contributed by atoms with Crippen molar-refractivity contribution in [3.05, 3.63) is 24.3 Å². The standard InChI is InChI=1S/2C6H6O8S2/c2*7-4-1-3(15(9,10)11)2-5(6(4)8)16(12,13)14/h2*1-2,7-8H,(H,9,10,11)(H,12,13,14). The van der Waals surface area contributed by atoms with E-state index in [0.717, 1.165) is 0 Å². The van der Waals surface area contributed by atoms with Gasteiger partial charge in [-0.3, -0.25) is 18.2 Å². The number of phenolic OH excluding ortho intramolecular Hbond substituents is 4. The molecule has 0 saturated heterocycles. The molecule has 0 unspecified atom stereocenters. The number of aromatic hydroxyl groups is 4. The highest BCUT2D eigenvalue weighted by molar-refractivity contribution is 7.87. The van der Waals surface area contributed by atoms with Crippen LogP contribution in [0.15, 0.2) is 43.8 Å². The van der Waals surface area contributed by atoms with Gasteiger partial charge in [0.05, 0.1) is 9.79 Å². The first-order valence-electron chi connectivity index (χ1n) is 7.08. The minimum absolute atomic E-state index is 0.305. The lowest BCUT2D eigenvalue weighted by Crippen LogP contribution is -2.03. The average molecular weight is 540 g/mol. The van der Waals surface area contributed by atoms with Crippen molar-refractivity contribution in [2.75, 3.05) is 0 Å². The maximum atomic E-state index is 10.7. The van der Waals surface area contributed by atoms with Crippen LogP contribution < -0.4 is 0 Å². The quantitative estimate of drug-likeness (QED) is 0.173. The first-order valence-corrected chi connectivity index (χ1v) is 12.8. The molecule has 2 rings (SSSR count). The van der Waals surface area contributed by atoms with Gasteiger partial charge in [0.1, 0.15) is 9.79 Å². The van der Waals surface area contributed by atoms with Crippen LogP contribution in [0.5, 0.6) is 23.0 Å². The van der Waals surface area contributed by atoms with Crippen molar-refractivity contribution in [3.8, 4) is 23.0 Å². The Morgan fingerprint density at radius 1 is 0.438 bits per heavy atom. The average Bonchev–Trinajstić information content (AvgIpc) is 2.56. The molecule has 20 heteroatoms. The summed E-state index contributed by atoms with van der Waals surface area (Å²) in [6, 6.07) is 1.47. The highest BCUT2D eigenvalue weighted by atomic mass is 32.2. The van der Waals surface area contributed by atoms with Crippen molar-refractivity contribution in [2.24, 2.45) is 0 Å². The number of rotatable bonds is 4. The summed E-state index contributed by atoms with van der Waals surface area (Å²) in [6.45, 7) is 0. The van der Waals surface area contributed by atoms with E-state index in [2.05, 4.69) is 0 Å². The molecule has 0 amide bonds. The molecule has 180 valence electrons. The van der Waals surface area contributed by atoms with Crippen LogP contribution in [0.2, 0.25) is 0 Å². The van der Waals surface area contributed by atoms with E-state index in [4.69, 9.17) is 38.6 Å². The highest BCUT2D eigenvalue weighted by Gasteiger charge is 2.24. The Labute approximate surface area is 179 Å². The summed E-state index contributed by atoms with van der Waals surface area (Å²) in [5.41, 5.74) is 0. The van der Waals surface area contributed by atoms with Crippen LogP contribution in [-0.2, 0) is 40.5 Å². The summed E-state index contributed by atoms with van der Waals surface area (Å²) < 4.78 is 120. The molecule has 0 spiro atoms. The summed E-state index contributed by atoms with van der Waals surface area (Å²) in [6.07, 6.45) is 0. The number of hydrogen-bond donors (Lipinski definition) is 8. The third-order valence-electron chi connectivity index (χ3n) is 3.21. The number of benzene rings is 2. The summed E-state index contributed by atoms with van der Waals surface area (Å²) in [5.74, 6) is -4.64. The number of phenols is 4. The Morgan fingerprint density at radius 2 is 0.688 bits per heavy atom. The molecule has 0 saturated carbocycles. The van der Waals surface area contributed by atoms with Crippen molar-refractivity contribution < 1.29 is 72.3 Å². The minimum Gasteiger partial charge on any atom is -0.504 e. The first-order chi connectivity index (χ1) is 14.1. The van der Waals surface area contributed by atoms with Crippen LogP contribution in [0.4, 0.5) is 0 Å². The molecule has 16 nitrogen and oxygen atoms in total. The Kier molecular flexibility index (Phi) is 7.40. The second-order valence-corrected chi connectivity index (χ2v) is 11.1. The monoisotopic (exact) mass is 540 g/mol. The summed E-state index contributed by atoms with van der Waals surface area (Å²) in [5, 5.41) is 36.1.